The third-order valence-corrected chi connectivity index (χ3v) is 4.69. The zero-order chi connectivity index (χ0) is 19.3. The van der Waals surface area contributed by atoms with Crippen molar-refractivity contribution in [2.45, 2.75) is 31.5 Å². The van der Waals surface area contributed by atoms with E-state index in [9.17, 15) is 14.0 Å². The van der Waals surface area contributed by atoms with Crippen LogP contribution in [0.1, 0.15) is 20.8 Å². The predicted octanol–water partition coefficient (Wildman–Crippen LogP) is 2.92. The van der Waals surface area contributed by atoms with Gasteiger partial charge in [-0.2, -0.15) is 0 Å². The molecule has 6 nitrogen and oxygen atoms in total. The summed E-state index contributed by atoms with van der Waals surface area (Å²) in [5.41, 5.74) is -0.0283. The maximum absolute atomic E-state index is 13.0. The molecule has 1 N–H and O–H groups in total. The van der Waals surface area contributed by atoms with Crippen molar-refractivity contribution in [1.82, 2.24) is 14.5 Å². The summed E-state index contributed by atoms with van der Waals surface area (Å²) in [6, 6.07) is 5.50. The summed E-state index contributed by atoms with van der Waals surface area (Å²) in [6.45, 7) is 5.55. The number of aromatic nitrogens is 2. The minimum Gasteiger partial charge on any atom is -0.329 e. The van der Waals surface area contributed by atoms with Crippen molar-refractivity contribution in [2.24, 2.45) is 7.05 Å². The molecule has 140 valence electrons. The van der Waals surface area contributed by atoms with E-state index in [1.807, 2.05) is 38.6 Å². The van der Waals surface area contributed by atoms with E-state index < -0.39 is 5.54 Å². The first kappa shape index (κ1) is 20.0. The van der Waals surface area contributed by atoms with E-state index in [4.69, 9.17) is 0 Å². The Morgan fingerprint density at radius 1 is 1.27 bits per heavy atom. The molecule has 0 radical (unpaired) electrons. The number of rotatable bonds is 6. The number of aryl methyl sites for hydroxylation is 1. The Hall–Kier alpha value is -2.35. The van der Waals surface area contributed by atoms with Crippen LogP contribution in [0.5, 0.6) is 0 Å². The molecule has 0 saturated heterocycles. The van der Waals surface area contributed by atoms with Crippen LogP contribution in [0.3, 0.4) is 0 Å². The molecule has 2 amide bonds. The number of nitrogens with one attached hydrogen (secondary N) is 1. The quantitative estimate of drug-likeness (QED) is 0.785. The van der Waals surface area contributed by atoms with E-state index in [2.05, 4.69) is 10.3 Å². The highest BCUT2D eigenvalue weighted by atomic mass is 32.2. The van der Waals surface area contributed by atoms with Gasteiger partial charge in [-0.05, 0) is 45.0 Å². The maximum Gasteiger partial charge on any atom is 0.244 e. The smallest absolute Gasteiger partial charge is 0.244 e. The summed E-state index contributed by atoms with van der Waals surface area (Å²) in [5.74, 6) is -0.672. The number of hydrogen-bond acceptors (Lipinski definition) is 4. The Bertz CT molecular complexity index is 768. The minimum atomic E-state index is -0.514. The summed E-state index contributed by atoms with van der Waals surface area (Å²) in [5, 5.41) is 3.42. The molecular weight excluding hydrogens is 355 g/mol. The van der Waals surface area contributed by atoms with Gasteiger partial charge in [0.1, 0.15) is 12.4 Å². The van der Waals surface area contributed by atoms with Crippen LogP contribution in [0.25, 0.3) is 0 Å². The lowest BCUT2D eigenvalue weighted by Gasteiger charge is -2.35. The van der Waals surface area contributed by atoms with Crippen LogP contribution in [-0.2, 0) is 16.6 Å². The van der Waals surface area contributed by atoms with Gasteiger partial charge >= 0.3 is 0 Å². The van der Waals surface area contributed by atoms with E-state index in [1.165, 1.54) is 40.9 Å². The molecule has 0 bridgehead atoms. The van der Waals surface area contributed by atoms with Gasteiger partial charge in [0.25, 0.3) is 0 Å². The van der Waals surface area contributed by atoms with E-state index >= 15 is 0 Å². The SMILES string of the molecule is Cn1ccnc1SCC(=O)N(CC(=O)Nc1ccc(F)cc1)C(C)(C)C. The minimum absolute atomic E-state index is 0.0825. The maximum atomic E-state index is 13.0. The average Bonchev–Trinajstić information content (AvgIpc) is 2.96. The van der Waals surface area contributed by atoms with E-state index in [1.54, 1.807) is 6.20 Å². The van der Waals surface area contributed by atoms with Crippen molar-refractivity contribution in [2.75, 3.05) is 17.6 Å². The largest absolute Gasteiger partial charge is 0.329 e. The first-order valence-corrected chi connectivity index (χ1v) is 9.11. The number of benzene rings is 1. The number of nitrogens with zero attached hydrogens (tertiary/aromatic N) is 3. The van der Waals surface area contributed by atoms with Crippen LogP contribution in [-0.4, -0.2) is 44.1 Å². The fourth-order valence-electron chi connectivity index (χ4n) is 2.27. The van der Waals surface area contributed by atoms with Crippen molar-refractivity contribution in [3.05, 3.63) is 42.5 Å². The number of carbonyl (C=O) groups is 2. The third kappa shape index (κ3) is 5.59. The number of imidazole rings is 1. The van der Waals surface area contributed by atoms with Gasteiger partial charge in [-0.25, -0.2) is 9.37 Å². The first-order chi connectivity index (χ1) is 12.2. The van der Waals surface area contributed by atoms with Crippen LogP contribution in [0.15, 0.2) is 41.8 Å². The fourth-order valence-corrected chi connectivity index (χ4v) is 3.08. The summed E-state index contributed by atoms with van der Waals surface area (Å²) >= 11 is 1.33. The molecule has 1 aromatic carbocycles. The van der Waals surface area contributed by atoms with Crippen LogP contribution in [0.2, 0.25) is 0 Å². The molecule has 0 fully saturated rings. The van der Waals surface area contributed by atoms with Crippen molar-refractivity contribution in [3.8, 4) is 0 Å². The van der Waals surface area contributed by atoms with E-state index in [0.29, 0.717) is 5.69 Å². The topological polar surface area (TPSA) is 67.2 Å². The normalized spacial score (nSPS) is 11.3. The van der Waals surface area contributed by atoms with Gasteiger partial charge in [-0.1, -0.05) is 11.8 Å². The van der Waals surface area contributed by atoms with Crippen LogP contribution >= 0.6 is 11.8 Å². The Morgan fingerprint density at radius 3 is 2.46 bits per heavy atom. The summed E-state index contributed by atoms with van der Waals surface area (Å²) in [4.78, 5) is 30.7. The number of carbonyl (C=O) groups excluding carboxylic acids is 2. The van der Waals surface area contributed by atoms with Crippen LogP contribution in [0, 0.1) is 5.82 Å². The molecule has 2 rings (SSSR count). The zero-order valence-electron chi connectivity index (χ0n) is 15.3. The van der Waals surface area contributed by atoms with Gasteiger partial charge < -0.3 is 14.8 Å². The Morgan fingerprint density at radius 2 is 1.92 bits per heavy atom. The Labute approximate surface area is 156 Å². The molecular formula is C18H23FN4O2S. The predicted molar refractivity (Wildman–Crippen MR) is 100 cm³/mol. The van der Waals surface area contributed by atoms with Gasteiger partial charge in [0.15, 0.2) is 5.16 Å². The molecule has 8 heteroatoms. The lowest BCUT2D eigenvalue weighted by atomic mass is 10.1. The summed E-state index contributed by atoms with van der Waals surface area (Å²) < 4.78 is 14.8. The highest BCUT2D eigenvalue weighted by Crippen LogP contribution is 2.19. The molecule has 26 heavy (non-hydrogen) atoms. The number of amides is 2. The van der Waals surface area contributed by atoms with Crippen molar-refractivity contribution < 1.29 is 14.0 Å². The molecule has 0 spiro atoms. The standard InChI is InChI=1S/C18H23FN4O2S/c1-18(2,3)23(16(25)12-26-17-20-9-10-22(17)4)11-15(24)21-14-7-5-13(19)6-8-14/h5-10H,11-12H2,1-4H3,(H,21,24). The molecule has 0 aliphatic carbocycles. The lowest BCUT2D eigenvalue weighted by Crippen LogP contribution is -2.50. The molecule has 0 aliphatic heterocycles. The fraction of sp³-hybridized carbons (Fsp3) is 0.389. The van der Waals surface area contributed by atoms with E-state index in [0.717, 1.165) is 5.16 Å². The third-order valence-electron chi connectivity index (χ3n) is 3.64. The van der Waals surface area contributed by atoms with Gasteiger partial charge in [0.05, 0.1) is 5.75 Å². The monoisotopic (exact) mass is 378 g/mol. The second kappa shape index (κ2) is 8.35. The summed E-state index contributed by atoms with van der Waals surface area (Å²) in [6.07, 6.45) is 3.48. The molecule has 1 heterocycles. The molecule has 1 aromatic heterocycles. The Kier molecular flexibility index (Phi) is 6.42. The van der Waals surface area contributed by atoms with Crippen LogP contribution < -0.4 is 5.32 Å². The molecule has 2 aromatic rings. The summed E-state index contributed by atoms with van der Waals surface area (Å²) in [7, 11) is 1.86. The molecule has 0 unspecified atom stereocenters. The number of thioether (sulfide) groups is 1. The van der Waals surface area contributed by atoms with Crippen LogP contribution in [0.4, 0.5) is 10.1 Å². The number of halogens is 1. The van der Waals surface area contributed by atoms with E-state index in [-0.39, 0.29) is 29.9 Å². The highest BCUT2D eigenvalue weighted by Gasteiger charge is 2.28. The first-order valence-electron chi connectivity index (χ1n) is 8.13. The number of hydrogen-bond donors (Lipinski definition) is 1. The highest BCUT2D eigenvalue weighted by molar-refractivity contribution is 7.99. The molecule has 0 atom stereocenters. The zero-order valence-corrected chi connectivity index (χ0v) is 16.1. The second-order valence-corrected chi connectivity index (χ2v) is 7.76. The van der Waals surface area contributed by atoms with Crippen molar-refractivity contribution >= 4 is 29.3 Å². The van der Waals surface area contributed by atoms with Gasteiger partial charge in [-0.3, -0.25) is 9.59 Å². The number of anilines is 1. The molecule has 0 saturated carbocycles. The van der Waals surface area contributed by atoms with Crippen molar-refractivity contribution in [1.29, 1.82) is 0 Å². The Balaban J connectivity index is 1.99. The lowest BCUT2D eigenvalue weighted by molar-refractivity contribution is -0.137. The van der Waals surface area contributed by atoms with Gasteiger partial charge in [0.2, 0.25) is 11.8 Å². The second-order valence-electron chi connectivity index (χ2n) is 6.82. The van der Waals surface area contributed by atoms with Gasteiger partial charge in [0, 0.05) is 30.7 Å². The van der Waals surface area contributed by atoms with Gasteiger partial charge in [-0.15, -0.1) is 0 Å². The van der Waals surface area contributed by atoms with Crippen molar-refractivity contribution in [3.63, 3.8) is 0 Å². The molecule has 0 aliphatic rings. The average molecular weight is 378 g/mol.